The van der Waals surface area contributed by atoms with Gasteiger partial charge in [0.1, 0.15) is 5.75 Å². The number of carbonyl (C=O) groups is 1. The van der Waals surface area contributed by atoms with E-state index < -0.39 is 0 Å². The van der Waals surface area contributed by atoms with Crippen molar-refractivity contribution < 1.29 is 9.90 Å². The van der Waals surface area contributed by atoms with Crippen LogP contribution < -0.4 is 5.32 Å². The summed E-state index contributed by atoms with van der Waals surface area (Å²) in [5.74, 6) is 0.270. The summed E-state index contributed by atoms with van der Waals surface area (Å²) in [6.45, 7) is 2.73. The van der Waals surface area contributed by atoms with Crippen LogP contribution in [-0.4, -0.2) is 46.6 Å². The van der Waals surface area contributed by atoms with Gasteiger partial charge in [-0.3, -0.25) is 9.78 Å². The number of aryl methyl sites for hydroxylation is 1. The molecule has 2 N–H and O–H groups in total. The molecule has 28 heavy (non-hydrogen) atoms. The van der Waals surface area contributed by atoms with E-state index in [0.717, 1.165) is 56.4 Å². The number of nitrogens with zero attached hydrogens (tertiary/aromatic N) is 2. The van der Waals surface area contributed by atoms with E-state index in [1.807, 2.05) is 23.1 Å². The van der Waals surface area contributed by atoms with Crippen LogP contribution in [0.3, 0.4) is 0 Å². The fraction of sp³-hybridized carbons (Fsp3) is 0.478. The van der Waals surface area contributed by atoms with Crippen LogP contribution >= 0.6 is 0 Å². The molecule has 1 unspecified atom stereocenters. The third-order valence-electron chi connectivity index (χ3n) is 5.88. The molecule has 148 valence electrons. The summed E-state index contributed by atoms with van der Waals surface area (Å²) in [7, 11) is 0. The molecule has 0 aliphatic carbocycles. The Kier molecular flexibility index (Phi) is 5.91. The van der Waals surface area contributed by atoms with Gasteiger partial charge in [0, 0.05) is 30.9 Å². The number of aromatic hydroxyl groups is 1. The molecule has 1 amide bonds. The monoisotopic (exact) mass is 379 g/mol. The van der Waals surface area contributed by atoms with Crippen LogP contribution in [0.15, 0.2) is 36.5 Å². The number of nitrogens with one attached hydrogen (secondary N) is 1. The highest BCUT2D eigenvalue weighted by Crippen LogP contribution is 2.29. The molecular formula is C23H29N3O2. The van der Waals surface area contributed by atoms with Crippen LogP contribution in [0, 0.1) is 0 Å². The van der Waals surface area contributed by atoms with E-state index in [-0.39, 0.29) is 11.7 Å². The molecule has 1 aromatic carbocycles. The predicted molar refractivity (Wildman–Crippen MR) is 110 cm³/mol. The van der Waals surface area contributed by atoms with Gasteiger partial charge in [-0.05, 0) is 81.0 Å². The highest BCUT2D eigenvalue weighted by atomic mass is 16.3. The first-order valence-corrected chi connectivity index (χ1v) is 10.5. The zero-order valence-corrected chi connectivity index (χ0v) is 16.4. The second-order valence-corrected chi connectivity index (χ2v) is 7.97. The van der Waals surface area contributed by atoms with Gasteiger partial charge in [-0.2, -0.15) is 0 Å². The van der Waals surface area contributed by atoms with Gasteiger partial charge < -0.3 is 15.3 Å². The first kappa shape index (κ1) is 18.9. The fourth-order valence-electron chi connectivity index (χ4n) is 4.36. The topological polar surface area (TPSA) is 65.5 Å². The molecule has 2 fully saturated rings. The van der Waals surface area contributed by atoms with E-state index in [9.17, 15) is 9.90 Å². The molecule has 0 bridgehead atoms. The van der Waals surface area contributed by atoms with Crippen molar-refractivity contribution in [1.82, 2.24) is 15.2 Å². The number of hydrogen-bond donors (Lipinski definition) is 2. The van der Waals surface area contributed by atoms with Crippen LogP contribution in [0.4, 0.5) is 0 Å². The maximum atomic E-state index is 13.0. The number of phenols is 1. The van der Waals surface area contributed by atoms with Crippen LogP contribution in [0.1, 0.15) is 54.4 Å². The number of carbonyl (C=O) groups excluding carboxylic acids is 1. The first-order valence-electron chi connectivity index (χ1n) is 10.5. The van der Waals surface area contributed by atoms with Crippen LogP contribution in [0.5, 0.6) is 5.75 Å². The molecule has 1 atom stereocenters. The van der Waals surface area contributed by atoms with Gasteiger partial charge >= 0.3 is 0 Å². The average Bonchev–Trinajstić information content (AvgIpc) is 3.27. The van der Waals surface area contributed by atoms with E-state index >= 15 is 0 Å². The molecular weight excluding hydrogens is 350 g/mol. The van der Waals surface area contributed by atoms with Gasteiger partial charge in [0.15, 0.2) is 0 Å². The lowest BCUT2D eigenvalue weighted by Crippen LogP contribution is -2.34. The van der Waals surface area contributed by atoms with E-state index in [4.69, 9.17) is 0 Å². The second-order valence-electron chi connectivity index (χ2n) is 7.97. The molecule has 5 nitrogen and oxygen atoms in total. The largest absolute Gasteiger partial charge is 0.508 e. The Bertz CT molecular complexity index is 824. The number of aromatic nitrogens is 1. The molecule has 0 radical (unpaired) electrons. The third kappa shape index (κ3) is 4.36. The number of rotatable bonds is 5. The van der Waals surface area contributed by atoms with Gasteiger partial charge in [0.05, 0.1) is 11.3 Å². The smallest absolute Gasteiger partial charge is 0.256 e. The lowest BCUT2D eigenvalue weighted by atomic mass is 9.96. The number of piperidine rings is 1. The molecule has 1 aromatic heterocycles. The van der Waals surface area contributed by atoms with Crippen LogP contribution in [0.25, 0.3) is 11.3 Å². The highest BCUT2D eigenvalue weighted by Gasteiger charge is 2.23. The fourth-order valence-corrected chi connectivity index (χ4v) is 4.36. The number of amides is 1. The molecule has 5 heteroatoms. The Labute approximate surface area is 166 Å². The summed E-state index contributed by atoms with van der Waals surface area (Å²) in [5.41, 5.74) is 3.18. The standard InChI is InChI=1S/C23H29N3O2/c27-20-15-17(8-9-19-6-1-2-10-24-19)14-18(16-20)22-21(7-5-11-25-22)23(28)26-12-3-4-13-26/h5,7,11,14-16,19,24,27H,1-4,6,8-10,12-13H2. The van der Waals surface area contributed by atoms with Crippen molar-refractivity contribution >= 4 is 5.91 Å². The Hall–Kier alpha value is -2.40. The lowest BCUT2D eigenvalue weighted by molar-refractivity contribution is 0.0793. The second kappa shape index (κ2) is 8.74. The van der Waals surface area contributed by atoms with Gasteiger partial charge in [0.25, 0.3) is 5.91 Å². The van der Waals surface area contributed by atoms with Crippen molar-refractivity contribution in [3.63, 3.8) is 0 Å². The molecule has 2 aliphatic rings. The molecule has 0 saturated carbocycles. The van der Waals surface area contributed by atoms with E-state index in [1.54, 1.807) is 12.3 Å². The Morgan fingerprint density at radius 1 is 1.18 bits per heavy atom. The number of likely N-dealkylation sites (tertiary alicyclic amines) is 1. The Morgan fingerprint density at radius 3 is 2.82 bits per heavy atom. The quantitative estimate of drug-likeness (QED) is 0.830. The minimum Gasteiger partial charge on any atom is -0.508 e. The molecule has 0 spiro atoms. The van der Waals surface area contributed by atoms with Gasteiger partial charge in [0.2, 0.25) is 0 Å². The minimum atomic E-state index is 0.0388. The number of hydrogen-bond acceptors (Lipinski definition) is 4. The minimum absolute atomic E-state index is 0.0388. The summed E-state index contributed by atoms with van der Waals surface area (Å²) in [5, 5.41) is 13.9. The zero-order valence-electron chi connectivity index (χ0n) is 16.4. The van der Waals surface area contributed by atoms with Crippen LogP contribution in [0.2, 0.25) is 0 Å². The summed E-state index contributed by atoms with van der Waals surface area (Å²) in [4.78, 5) is 19.4. The molecule has 4 rings (SSSR count). The maximum absolute atomic E-state index is 13.0. The van der Waals surface area contributed by atoms with E-state index in [1.165, 1.54) is 19.3 Å². The summed E-state index contributed by atoms with van der Waals surface area (Å²) < 4.78 is 0. The summed E-state index contributed by atoms with van der Waals surface area (Å²) in [6, 6.07) is 9.83. The van der Waals surface area contributed by atoms with Crippen molar-refractivity contribution in [2.45, 2.75) is 51.0 Å². The predicted octanol–water partition coefficient (Wildman–Crippen LogP) is 3.76. The molecule has 3 heterocycles. The maximum Gasteiger partial charge on any atom is 0.256 e. The number of pyridine rings is 1. The van der Waals surface area contributed by atoms with Crippen molar-refractivity contribution in [2.75, 3.05) is 19.6 Å². The van der Waals surface area contributed by atoms with Gasteiger partial charge in [-0.15, -0.1) is 0 Å². The lowest BCUT2D eigenvalue weighted by Gasteiger charge is -2.23. The molecule has 2 aliphatic heterocycles. The Morgan fingerprint density at radius 2 is 2.04 bits per heavy atom. The summed E-state index contributed by atoms with van der Waals surface area (Å²) in [6.07, 6.45) is 9.58. The van der Waals surface area contributed by atoms with Gasteiger partial charge in [-0.1, -0.05) is 6.42 Å². The first-order chi connectivity index (χ1) is 13.7. The van der Waals surface area contributed by atoms with E-state index in [2.05, 4.69) is 16.4 Å². The third-order valence-corrected chi connectivity index (χ3v) is 5.88. The molecule has 2 aromatic rings. The van der Waals surface area contributed by atoms with Crippen molar-refractivity contribution in [2.24, 2.45) is 0 Å². The molecule has 2 saturated heterocycles. The Balaban J connectivity index is 1.57. The van der Waals surface area contributed by atoms with Crippen LogP contribution in [-0.2, 0) is 6.42 Å². The number of benzene rings is 1. The van der Waals surface area contributed by atoms with E-state index in [0.29, 0.717) is 17.3 Å². The van der Waals surface area contributed by atoms with Crippen molar-refractivity contribution in [1.29, 1.82) is 0 Å². The van der Waals surface area contributed by atoms with Gasteiger partial charge in [-0.25, -0.2) is 0 Å². The SMILES string of the molecule is O=C(c1cccnc1-c1cc(O)cc(CCC2CCCCN2)c1)N1CCCC1. The van der Waals surface area contributed by atoms with Crippen molar-refractivity contribution in [3.05, 3.63) is 47.7 Å². The average molecular weight is 380 g/mol. The van der Waals surface area contributed by atoms with Crippen molar-refractivity contribution in [3.8, 4) is 17.0 Å². The highest BCUT2D eigenvalue weighted by molar-refractivity contribution is 6.00. The normalized spacial score (nSPS) is 19.7. The summed E-state index contributed by atoms with van der Waals surface area (Å²) >= 11 is 0. The zero-order chi connectivity index (χ0) is 19.3. The number of phenolic OH excluding ortho intramolecular Hbond substituents is 1.